The first kappa shape index (κ1) is 13.7. The molecule has 0 aliphatic carbocycles. The predicted octanol–water partition coefficient (Wildman–Crippen LogP) is 2.61. The fourth-order valence-corrected chi connectivity index (χ4v) is 2.13. The van der Waals surface area contributed by atoms with Gasteiger partial charge in [0, 0.05) is 5.88 Å². The van der Waals surface area contributed by atoms with Crippen LogP contribution in [-0.4, -0.2) is 27.9 Å². The van der Waals surface area contributed by atoms with Crippen molar-refractivity contribution in [2.75, 3.05) is 12.5 Å². The van der Waals surface area contributed by atoms with E-state index in [1.807, 2.05) is 0 Å². The lowest BCUT2D eigenvalue weighted by Gasteiger charge is -2.15. The Hall–Kier alpha value is -1.75. The fourth-order valence-electron chi connectivity index (χ4n) is 2.00. The highest BCUT2D eigenvalue weighted by molar-refractivity contribution is 6.18. The Balaban J connectivity index is 2.77. The molecule has 102 valence electrons. The maximum absolute atomic E-state index is 12.3. The molecule has 0 aliphatic rings. The smallest absolute Gasteiger partial charge is 0.433 e. The molecule has 6 heteroatoms. The van der Waals surface area contributed by atoms with Crippen molar-refractivity contribution < 1.29 is 9.53 Å². The third-order valence-electron chi connectivity index (χ3n) is 2.87. The molecule has 0 bridgehead atoms. The molecule has 5 nitrogen and oxygen atoms in total. The van der Waals surface area contributed by atoms with Gasteiger partial charge in [0.1, 0.15) is 0 Å². The summed E-state index contributed by atoms with van der Waals surface area (Å²) >= 11 is 5.81. The van der Waals surface area contributed by atoms with Crippen LogP contribution in [0.3, 0.4) is 0 Å². The maximum Gasteiger partial charge on any atom is 0.433 e. The van der Waals surface area contributed by atoms with Gasteiger partial charge in [-0.2, -0.15) is 4.68 Å². The Morgan fingerprint density at radius 3 is 2.74 bits per heavy atom. The molecule has 19 heavy (non-hydrogen) atoms. The monoisotopic (exact) mass is 282 g/mol. The van der Waals surface area contributed by atoms with Gasteiger partial charge in [0.05, 0.1) is 23.6 Å². The topological polar surface area (TPSA) is 53.2 Å². The van der Waals surface area contributed by atoms with Gasteiger partial charge >= 0.3 is 6.09 Å². The maximum atomic E-state index is 12.3. The van der Waals surface area contributed by atoms with Crippen molar-refractivity contribution in [1.82, 2.24) is 9.36 Å². The number of hydrogen-bond acceptors (Lipinski definition) is 3. The van der Waals surface area contributed by atoms with Gasteiger partial charge in [-0.1, -0.05) is 12.1 Å². The number of rotatable bonds is 3. The van der Waals surface area contributed by atoms with Crippen molar-refractivity contribution in [3.8, 4) is 0 Å². The second-order valence-electron chi connectivity index (χ2n) is 4.18. The summed E-state index contributed by atoms with van der Waals surface area (Å²) in [6.45, 7) is 3.74. The van der Waals surface area contributed by atoms with Crippen LogP contribution in [0.2, 0.25) is 0 Å². The van der Waals surface area contributed by atoms with E-state index >= 15 is 0 Å². The normalized spacial score (nSPS) is 12.6. The molecule has 0 aliphatic heterocycles. The molecule has 0 N–H and O–H groups in total. The number of halogens is 1. The quantitative estimate of drug-likeness (QED) is 0.813. The molecule has 0 saturated carbocycles. The van der Waals surface area contributed by atoms with Crippen LogP contribution in [0.25, 0.3) is 10.9 Å². The molecule has 0 radical (unpaired) electrons. The number of ether oxygens (including phenoxy) is 1. The van der Waals surface area contributed by atoms with Crippen LogP contribution in [0.4, 0.5) is 4.79 Å². The summed E-state index contributed by atoms with van der Waals surface area (Å²) in [5.41, 5.74) is 0.291. The molecule has 1 aromatic carbocycles. The summed E-state index contributed by atoms with van der Waals surface area (Å²) in [7, 11) is 0. The van der Waals surface area contributed by atoms with Gasteiger partial charge in [-0.15, -0.1) is 11.6 Å². The zero-order valence-electron chi connectivity index (χ0n) is 10.8. The summed E-state index contributed by atoms with van der Waals surface area (Å²) < 4.78 is 7.61. The molecule has 2 rings (SSSR count). The van der Waals surface area contributed by atoms with Gasteiger partial charge < -0.3 is 4.74 Å². The summed E-state index contributed by atoms with van der Waals surface area (Å²) in [4.78, 5) is 24.4. The molecular weight excluding hydrogens is 268 g/mol. The van der Waals surface area contributed by atoms with E-state index in [9.17, 15) is 9.59 Å². The standard InChI is InChI=1S/C13H15ClN2O3/c1-3-19-13(18)16-11-7-5-4-6-10(11)12(17)15(16)9(2)8-14/h4-7,9H,3,8H2,1-2H3. The van der Waals surface area contributed by atoms with Gasteiger partial charge in [0.25, 0.3) is 5.56 Å². The highest BCUT2D eigenvalue weighted by Crippen LogP contribution is 2.15. The molecule has 0 amide bonds. The second-order valence-corrected chi connectivity index (χ2v) is 4.49. The highest BCUT2D eigenvalue weighted by atomic mass is 35.5. The van der Waals surface area contributed by atoms with Crippen LogP contribution in [0.5, 0.6) is 0 Å². The first-order chi connectivity index (χ1) is 9.11. The molecular formula is C13H15ClN2O3. The summed E-state index contributed by atoms with van der Waals surface area (Å²) in [6.07, 6.45) is -0.572. The van der Waals surface area contributed by atoms with E-state index in [1.54, 1.807) is 38.1 Å². The Kier molecular flexibility index (Phi) is 3.95. The zero-order chi connectivity index (χ0) is 14.0. The van der Waals surface area contributed by atoms with Gasteiger partial charge in [-0.25, -0.2) is 9.48 Å². The second kappa shape index (κ2) is 5.48. The van der Waals surface area contributed by atoms with Crippen molar-refractivity contribution in [1.29, 1.82) is 0 Å². The average molecular weight is 283 g/mol. The fraction of sp³-hybridized carbons (Fsp3) is 0.385. The Morgan fingerprint density at radius 1 is 1.42 bits per heavy atom. The number of hydrogen-bond donors (Lipinski definition) is 0. The first-order valence-corrected chi connectivity index (χ1v) is 6.60. The van der Waals surface area contributed by atoms with E-state index in [2.05, 4.69) is 0 Å². The van der Waals surface area contributed by atoms with Crippen LogP contribution in [0.15, 0.2) is 29.1 Å². The van der Waals surface area contributed by atoms with Crippen LogP contribution in [-0.2, 0) is 4.74 Å². The largest absolute Gasteiger partial charge is 0.448 e. The predicted molar refractivity (Wildman–Crippen MR) is 74.0 cm³/mol. The third kappa shape index (κ3) is 2.26. The molecule has 2 aromatic rings. The summed E-state index contributed by atoms with van der Waals surface area (Å²) in [5, 5.41) is 0.479. The van der Waals surface area contributed by atoms with Crippen molar-refractivity contribution in [2.24, 2.45) is 0 Å². The number of carbonyl (C=O) groups is 1. The lowest BCUT2D eigenvalue weighted by molar-refractivity contribution is 0.145. The number of para-hydroxylation sites is 1. The molecule has 1 heterocycles. The van der Waals surface area contributed by atoms with Gasteiger partial charge in [-0.05, 0) is 26.0 Å². The van der Waals surface area contributed by atoms with Crippen molar-refractivity contribution in [2.45, 2.75) is 19.9 Å². The number of aromatic nitrogens is 2. The summed E-state index contributed by atoms with van der Waals surface area (Å²) in [6, 6.07) is 6.63. The minimum Gasteiger partial charge on any atom is -0.448 e. The van der Waals surface area contributed by atoms with Crippen LogP contribution < -0.4 is 5.56 Å². The van der Waals surface area contributed by atoms with Crippen molar-refractivity contribution in [3.63, 3.8) is 0 Å². The molecule has 1 atom stereocenters. The van der Waals surface area contributed by atoms with E-state index in [1.165, 1.54) is 9.36 Å². The third-order valence-corrected chi connectivity index (χ3v) is 3.31. The zero-order valence-corrected chi connectivity index (χ0v) is 11.6. The van der Waals surface area contributed by atoms with Crippen LogP contribution in [0, 0.1) is 0 Å². The Morgan fingerprint density at radius 2 is 2.11 bits per heavy atom. The number of fused-ring (bicyclic) bond motifs is 1. The Bertz CT molecular complexity index is 659. The molecule has 1 unspecified atom stereocenters. The molecule has 1 aromatic heterocycles. The Labute approximate surface area is 115 Å². The number of benzene rings is 1. The van der Waals surface area contributed by atoms with Gasteiger partial charge in [0.2, 0.25) is 0 Å². The minimum atomic E-state index is -0.572. The van der Waals surface area contributed by atoms with Crippen LogP contribution >= 0.6 is 11.6 Å². The summed E-state index contributed by atoms with van der Waals surface area (Å²) in [5.74, 6) is 0.232. The van der Waals surface area contributed by atoms with Gasteiger partial charge in [-0.3, -0.25) is 4.79 Å². The minimum absolute atomic E-state index is 0.232. The van der Waals surface area contributed by atoms with E-state index in [0.29, 0.717) is 10.9 Å². The number of alkyl halides is 1. The van der Waals surface area contributed by atoms with Gasteiger partial charge in [0.15, 0.2) is 0 Å². The van der Waals surface area contributed by atoms with E-state index in [0.717, 1.165) is 0 Å². The first-order valence-electron chi connectivity index (χ1n) is 6.07. The highest BCUT2D eigenvalue weighted by Gasteiger charge is 2.21. The van der Waals surface area contributed by atoms with Crippen molar-refractivity contribution in [3.05, 3.63) is 34.6 Å². The molecule has 0 spiro atoms. The van der Waals surface area contributed by atoms with E-state index in [-0.39, 0.29) is 24.1 Å². The lowest BCUT2D eigenvalue weighted by atomic mass is 10.2. The van der Waals surface area contributed by atoms with Crippen LogP contribution in [0.1, 0.15) is 19.9 Å². The van der Waals surface area contributed by atoms with E-state index in [4.69, 9.17) is 16.3 Å². The number of carbonyl (C=O) groups excluding carboxylic acids is 1. The number of nitrogens with zero attached hydrogens (tertiary/aromatic N) is 2. The molecule has 0 saturated heterocycles. The SMILES string of the molecule is CCOC(=O)n1c2ccccc2c(=O)n1C(C)CCl. The van der Waals surface area contributed by atoms with E-state index < -0.39 is 6.09 Å². The average Bonchev–Trinajstić information content (AvgIpc) is 2.72. The van der Waals surface area contributed by atoms with Crippen molar-refractivity contribution >= 4 is 28.6 Å². The molecule has 0 fully saturated rings. The lowest BCUT2D eigenvalue weighted by Crippen LogP contribution is -2.31.